The molecule has 0 aromatic carbocycles. The molecule has 0 aliphatic carbocycles. The summed E-state index contributed by atoms with van der Waals surface area (Å²) in [5, 5.41) is 0. The molecule has 0 N–H and O–H groups in total. The van der Waals surface area contributed by atoms with Crippen LogP contribution >= 0.6 is 0 Å². The van der Waals surface area contributed by atoms with E-state index >= 15 is 0 Å². The Kier molecular flexibility index (Phi) is 8.58. The molecule has 14 heavy (non-hydrogen) atoms. The van der Waals surface area contributed by atoms with Gasteiger partial charge in [-0.25, -0.2) is 0 Å². The van der Waals surface area contributed by atoms with Gasteiger partial charge in [0, 0.05) is 12.8 Å². The molecule has 0 spiro atoms. The van der Waals surface area contributed by atoms with E-state index in [1.54, 1.807) is 12.5 Å². The Morgan fingerprint density at radius 3 is 2.29 bits per heavy atom. The smallest absolute Gasteiger partial charge is 0.205 e. The third kappa shape index (κ3) is 8.61. The molecule has 0 bridgehead atoms. The summed E-state index contributed by atoms with van der Waals surface area (Å²) in [6, 6.07) is 3.67. The SMILES string of the molecule is CCC#CC(=O)CCC.c1ccoc1. The largest absolute Gasteiger partial charge is 0.473 e. The van der Waals surface area contributed by atoms with Gasteiger partial charge in [0.1, 0.15) is 0 Å². The summed E-state index contributed by atoms with van der Waals surface area (Å²) in [6.07, 6.45) is 5.53. The molecular weight excluding hydrogens is 176 g/mol. The van der Waals surface area contributed by atoms with Gasteiger partial charge in [0.05, 0.1) is 12.5 Å². The van der Waals surface area contributed by atoms with Gasteiger partial charge in [-0.15, -0.1) is 0 Å². The van der Waals surface area contributed by atoms with E-state index in [4.69, 9.17) is 0 Å². The minimum atomic E-state index is 0.0688. The molecular formula is C12H16O2. The Bertz CT molecular complexity index is 258. The minimum Gasteiger partial charge on any atom is -0.473 e. The van der Waals surface area contributed by atoms with Gasteiger partial charge in [-0.05, 0) is 24.5 Å². The van der Waals surface area contributed by atoms with Crippen molar-refractivity contribution in [2.24, 2.45) is 0 Å². The fourth-order valence-corrected chi connectivity index (χ4v) is 0.703. The van der Waals surface area contributed by atoms with E-state index in [0.717, 1.165) is 12.8 Å². The van der Waals surface area contributed by atoms with Crippen LogP contribution in [0.25, 0.3) is 0 Å². The highest BCUT2D eigenvalue weighted by atomic mass is 16.3. The van der Waals surface area contributed by atoms with Gasteiger partial charge in [-0.2, -0.15) is 0 Å². The maximum atomic E-state index is 10.6. The van der Waals surface area contributed by atoms with Crippen molar-refractivity contribution in [2.45, 2.75) is 33.1 Å². The lowest BCUT2D eigenvalue weighted by Gasteiger charge is -1.82. The summed E-state index contributed by atoms with van der Waals surface area (Å²) in [5.41, 5.74) is 0. The summed E-state index contributed by atoms with van der Waals surface area (Å²) in [5.74, 6) is 5.35. The summed E-state index contributed by atoms with van der Waals surface area (Å²) in [7, 11) is 0. The van der Waals surface area contributed by atoms with Crippen LogP contribution in [0.5, 0.6) is 0 Å². The monoisotopic (exact) mass is 192 g/mol. The normalized spacial score (nSPS) is 7.86. The average molecular weight is 192 g/mol. The summed E-state index contributed by atoms with van der Waals surface area (Å²) in [4.78, 5) is 10.6. The number of hydrogen-bond donors (Lipinski definition) is 0. The van der Waals surface area contributed by atoms with Crippen LogP contribution in [0, 0.1) is 11.8 Å². The van der Waals surface area contributed by atoms with Gasteiger partial charge in [0.2, 0.25) is 5.78 Å². The fraction of sp³-hybridized carbons (Fsp3) is 0.417. The molecule has 0 fully saturated rings. The first-order chi connectivity index (χ1) is 6.81. The Morgan fingerprint density at radius 1 is 1.29 bits per heavy atom. The lowest BCUT2D eigenvalue weighted by molar-refractivity contribution is -0.113. The number of carbonyl (C=O) groups is 1. The first-order valence-corrected chi connectivity index (χ1v) is 4.80. The van der Waals surface area contributed by atoms with Crippen LogP contribution in [-0.2, 0) is 4.79 Å². The van der Waals surface area contributed by atoms with E-state index in [1.807, 2.05) is 26.0 Å². The second-order valence-electron chi connectivity index (χ2n) is 2.62. The third-order valence-electron chi connectivity index (χ3n) is 1.31. The average Bonchev–Trinajstić information content (AvgIpc) is 2.73. The van der Waals surface area contributed by atoms with Gasteiger partial charge in [-0.1, -0.05) is 19.8 Å². The minimum absolute atomic E-state index is 0.0688. The van der Waals surface area contributed by atoms with Crippen molar-refractivity contribution >= 4 is 5.78 Å². The lowest BCUT2D eigenvalue weighted by atomic mass is 10.2. The van der Waals surface area contributed by atoms with Gasteiger partial charge < -0.3 is 4.42 Å². The van der Waals surface area contributed by atoms with Crippen molar-refractivity contribution in [1.29, 1.82) is 0 Å². The van der Waals surface area contributed by atoms with E-state index in [2.05, 4.69) is 16.3 Å². The van der Waals surface area contributed by atoms with Crippen molar-refractivity contribution in [3.63, 3.8) is 0 Å². The predicted molar refractivity (Wildman–Crippen MR) is 56.7 cm³/mol. The highest BCUT2D eigenvalue weighted by Crippen LogP contribution is 1.86. The molecule has 1 aromatic heterocycles. The number of Topliss-reactive ketones (excluding diaryl/α,β-unsaturated/α-hetero) is 1. The van der Waals surface area contributed by atoms with Crippen molar-refractivity contribution in [1.82, 2.24) is 0 Å². The standard InChI is InChI=1S/C8H12O.C4H4O/c1-3-5-7-8(9)6-4-2;1-2-4-5-3-1/h3-4,6H2,1-2H3;1-4H. The maximum Gasteiger partial charge on any atom is 0.205 e. The zero-order valence-electron chi connectivity index (χ0n) is 8.75. The first kappa shape index (κ1) is 12.5. The number of ketones is 1. The van der Waals surface area contributed by atoms with Gasteiger partial charge in [0.15, 0.2) is 0 Å². The number of furan rings is 1. The van der Waals surface area contributed by atoms with E-state index in [1.165, 1.54) is 0 Å². The molecule has 1 heterocycles. The third-order valence-corrected chi connectivity index (χ3v) is 1.31. The molecule has 1 rings (SSSR count). The van der Waals surface area contributed by atoms with Crippen LogP contribution in [0.3, 0.4) is 0 Å². The van der Waals surface area contributed by atoms with Gasteiger partial charge >= 0.3 is 0 Å². The Labute approximate surface area is 85.3 Å². The highest BCUT2D eigenvalue weighted by Gasteiger charge is 1.90. The van der Waals surface area contributed by atoms with Crippen LogP contribution in [0.4, 0.5) is 0 Å². The Morgan fingerprint density at radius 2 is 1.93 bits per heavy atom. The molecule has 0 aliphatic rings. The number of carbonyl (C=O) groups excluding carboxylic acids is 1. The Balaban J connectivity index is 0.000000280. The van der Waals surface area contributed by atoms with Crippen molar-refractivity contribution in [3.05, 3.63) is 24.7 Å². The van der Waals surface area contributed by atoms with Crippen LogP contribution in [0.15, 0.2) is 29.1 Å². The zero-order valence-corrected chi connectivity index (χ0v) is 8.75. The Hall–Kier alpha value is -1.49. The maximum absolute atomic E-state index is 10.6. The van der Waals surface area contributed by atoms with Crippen molar-refractivity contribution in [2.75, 3.05) is 0 Å². The van der Waals surface area contributed by atoms with Crippen LogP contribution in [0.2, 0.25) is 0 Å². The zero-order chi connectivity index (χ0) is 10.6. The molecule has 76 valence electrons. The van der Waals surface area contributed by atoms with Crippen molar-refractivity contribution in [3.8, 4) is 11.8 Å². The molecule has 0 aliphatic heterocycles. The van der Waals surface area contributed by atoms with E-state index < -0.39 is 0 Å². The topological polar surface area (TPSA) is 30.2 Å². The number of hydrogen-bond acceptors (Lipinski definition) is 2. The predicted octanol–water partition coefficient (Wildman–Crippen LogP) is 3.05. The van der Waals surface area contributed by atoms with Crippen LogP contribution in [-0.4, -0.2) is 5.78 Å². The molecule has 0 unspecified atom stereocenters. The highest BCUT2D eigenvalue weighted by molar-refractivity contribution is 5.95. The molecule has 2 nitrogen and oxygen atoms in total. The van der Waals surface area contributed by atoms with Crippen LogP contribution in [0.1, 0.15) is 33.1 Å². The number of rotatable bonds is 2. The summed E-state index contributed by atoms with van der Waals surface area (Å²) in [6.45, 7) is 3.91. The lowest BCUT2D eigenvalue weighted by Crippen LogP contribution is -1.89. The quantitative estimate of drug-likeness (QED) is 0.532. The second kappa shape index (κ2) is 9.60. The van der Waals surface area contributed by atoms with Crippen LogP contribution < -0.4 is 0 Å². The molecule has 2 heteroatoms. The molecule has 0 atom stereocenters. The molecule has 0 radical (unpaired) electrons. The van der Waals surface area contributed by atoms with Gasteiger partial charge in [0.25, 0.3) is 0 Å². The molecule has 0 saturated carbocycles. The van der Waals surface area contributed by atoms with Gasteiger partial charge in [-0.3, -0.25) is 4.79 Å². The second-order valence-corrected chi connectivity index (χ2v) is 2.62. The van der Waals surface area contributed by atoms with E-state index in [0.29, 0.717) is 6.42 Å². The van der Waals surface area contributed by atoms with E-state index in [-0.39, 0.29) is 5.78 Å². The molecule has 0 amide bonds. The summed E-state index contributed by atoms with van der Waals surface area (Å²) < 4.78 is 4.58. The first-order valence-electron chi connectivity index (χ1n) is 4.80. The molecule has 1 aromatic rings. The molecule has 0 saturated heterocycles. The van der Waals surface area contributed by atoms with E-state index in [9.17, 15) is 4.79 Å². The summed E-state index contributed by atoms with van der Waals surface area (Å²) >= 11 is 0. The van der Waals surface area contributed by atoms with Crippen molar-refractivity contribution < 1.29 is 9.21 Å². The fourth-order valence-electron chi connectivity index (χ4n) is 0.703.